The minimum atomic E-state index is -0.419. The van der Waals surface area contributed by atoms with Crippen molar-refractivity contribution in [2.24, 2.45) is 0 Å². The molecule has 96 valence electrons. The van der Waals surface area contributed by atoms with Gasteiger partial charge in [-0.3, -0.25) is 0 Å². The summed E-state index contributed by atoms with van der Waals surface area (Å²) >= 11 is 0. The van der Waals surface area contributed by atoms with Crippen molar-refractivity contribution in [2.75, 3.05) is 20.2 Å². The van der Waals surface area contributed by atoms with Gasteiger partial charge >= 0.3 is 0 Å². The van der Waals surface area contributed by atoms with E-state index in [-0.39, 0.29) is 5.75 Å². The van der Waals surface area contributed by atoms with E-state index in [2.05, 4.69) is 10.5 Å². The molecule has 0 atom stereocenters. The van der Waals surface area contributed by atoms with Crippen molar-refractivity contribution in [3.8, 4) is 5.75 Å². The second kappa shape index (κ2) is 4.57. The van der Waals surface area contributed by atoms with E-state index in [1.54, 1.807) is 6.07 Å². The third-order valence-electron chi connectivity index (χ3n) is 3.51. The Bertz CT molecular complexity index is 561. The Morgan fingerprint density at radius 2 is 2.17 bits per heavy atom. The predicted molar refractivity (Wildman–Crippen MR) is 65.4 cm³/mol. The molecule has 0 aliphatic carbocycles. The minimum absolute atomic E-state index is 0.139. The van der Waals surface area contributed by atoms with E-state index >= 15 is 0 Å². The van der Waals surface area contributed by atoms with Crippen LogP contribution in [0.5, 0.6) is 5.75 Å². The summed E-state index contributed by atoms with van der Waals surface area (Å²) in [6.07, 6.45) is 2.06. The quantitative estimate of drug-likeness (QED) is 0.889. The summed E-state index contributed by atoms with van der Waals surface area (Å²) in [5, 5.41) is 8.29. The highest BCUT2D eigenvalue weighted by Gasteiger charge is 2.23. The molecule has 0 saturated carbocycles. The first-order valence-electron chi connectivity index (χ1n) is 6.13. The molecule has 1 saturated heterocycles. The number of hydrogen-bond donors (Lipinski definition) is 1. The fourth-order valence-corrected chi connectivity index (χ4v) is 2.55. The zero-order valence-electron chi connectivity index (χ0n) is 10.2. The SMILES string of the molecule is COc1c(F)ccc2c(C3CCNCC3)noc12. The molecule has 1 aromatic carbocycles. The maximum Gasteiger partial charge on any atom is 0.211 e. The summed E-state index contributed by atoms with van der Waals surface area (Å²) in [6, 6.07) is 3.13. The average Bonchev–Trinajstić information content (AvgIpc) is 2.83. The molecule has 0 bridgehead atoms. The molecule has 1 N–H and O–H groups in total. The van der Waals surface area contributed by atoms with E-state index in [0.29, 0.717) is 11.5 Å². The van der Waals surface area contributed by atoms with Crippen molar-refractivity contribution in [3.63, 3.8) is 0 Å². The summed E-state index contributed by atoms with van der Waals surface area (Å²) in [5.74, 6) is 0.0980. The van der Waals surface area contributed by atoms with Crippen molar-refractivity contribution in [2.45, 2.75) is 18.8 Å². The van der Waals surface area contributed by atoms with Crippen LogP contribution in [0.2, 0.25) is 0 Å². The molecule has 1 aromatic heterocycles. The Kier molecular flexibility index (Phi) is 2.91. The molecule has 2 aromatic rings. The standard InChI is InChI=1S/C13H15FN2O2/c1-17-13-10(14)3-2-9-11(16-18-12(9)13)8-4-6-15-7-5-8/h2-3,8,15H,4-7H2,1H3. The number of fused-ring (bicyclic) bond motifs is 1. The van der Waals surface area contributed by atoms with Crippen LogP contribution in [0.25, 0.3) is 11.0 Å². The molecule has 0 spiro atoms. The smallest absolute Gasteiger partial charge is 0.211 e. The highest BCUT2D eigenvalue weighted by molar-refractivity contribution is 5.85. The Balaban J connectivity index is 2.08. The molecule has 0 unspecified atom stereocenters. The van der Waals surface area contributed by atoms with Gasteiger partial charge in [-0.15, -0.1) is 0 Å². The van der Waals surface area contributed by atoms with E-state index in [4.69, 9.17) is 9.26 Å². The summed E-state index contributed by atoms with van der Waals surface area (Å²) in [4.78, 5) is 0. The largest absolute Gasteiger partial charge is 0.490 e. The fraction of sp³-hybridized carbons (Fsp3) is 0.462. The van der Waals surface area contributed by atoms with Gasteiger partial charge in [-0.2, -0.15) is 0 Å². The van der Waals surface area contributed by atoms with Gasteiger partial charge in [0.1, 0.15) is 0 Å². The van der Waals surface area contributed by atoms with Crippen LogP contribution in [0.3, 0.4) is 0 Å². The van der Waals surface area contributed by atoms with E-state index in [9.17, 15) is 4.39 Å². The van der Waals surface area contributed by atoms with Gasteiger partial charge in [-0.1, -0.05) is 5.16 Å². The summed E-state index contributed by atoms with van der Waals surface area (Å²) in [7, 11) is 1.44. The van der Waals surface area contributed by atoms with Crippen molar-refractivity contribution in [1.82, 2.24) is 10.5 Å². The van der Waals surface area contributed by atoms with Gasteiger partial charge < -0.3 is 14.6 Å². The highest BCUT2D eigenvalue weighted by atomic mass is 19.1. The third-order valence-corrected chi connectivity index (χ3v) is 3.51. The van der Waals surface area contributed by atoms with Crippen LogP contribution in [0.15, 0.2) is 16.7 Å². The molecule has 1 aliphatic heterocycles. The molecule has 0 amide bonds. The van der Waals surface area contributed by atoms with E-state index in [1.807, 2.05) is 0 Å². The number of hydrogen-bond acceptors (Lipinski definition) is 4. The molecule has 18 heavy (non-hydrogen) atoms. The van der Waals surface area contributed by atoms with Crippen LogP contribution in [-0.2, 0) is 0 Å². The number of halogens is 1. The van der Waals surface area contributed by atoms with Crippen LogP contribution in [0.1, 0.15) is 24.5 Å². The highest BCUT2D eigenvalue weighted by Crippen LogP contribution is 2.35. The Morgan fingerprint density at radius 1 is 1.39 bits per heavy atom. The number of benzene rings is 1. The lowest BCUT2D eigenvalue weighted by Crippen LogP contribution is -2.26. The van der Waals surface area contributed by atoms with Crippen LogP contribution < -0.4 is 10.1 Å². The third kappa shape index (κ3) is 1.75. The van der Waals surface area contributed by atoms with Crippen molar-refractivity contribution in [3.05, 3.63) is 23.6 Å². The first kappa shape index (κ1) is 11.5. The molecule has 1 fully saturated rings. The van der Waals surface area contributed by atoms with Crippen molar-refractivity contribution >= 4 is 11.0 Å². The first-order chi connectivity index (χ1) is 8.81. The van der Waals surface area contributed by atoms with Gasteiger partial charge in [0.05, 0.1) is 12.8 Å². The lowest BCUT2D eigenvalue weighted by Gasteiger charge is -2.20. The van der Waals surface area contributed by atoms with E-state index < -0.39 is 5.82 Å². The molecule has 3 rings (SSSR count). The Labute approximate surface area is 104 Å². The number of nitrogens with zero attached hydrogens (tertiary/aromatic N) is 1. The number of rotatable bonds is 2. The second-order valence-electron chi connectivity index (χ2n) is 4.55. The molecule has 0 radical (unpaired) electrons. The van der Waals surface area contributed by atoms with Gasteiger partial charge in [0, 0.05) is 11.3 Å². The number of methoxy groups -OCH3 is 1. The number of nitrogens with one attached hydrogen (secondary N) is 1. The van der Waals surface area contributed by atoms with Gasteiger partial charge in [0.15, 0.2) is 5.82 Å². The molecule has 1 aliphatic rings. The van der Waals surface area contributed by atoms with Crippen LogP contribution in [0.4, 0.5) is 4.39 Å². The summed E-state index contributed by atoms with van der Waals surface area (Å²) < 4.78 is 23.9. The average molecular weight is 250 g/mol. The topological polar surface area (TPSA) is 47.3 Å². The second-order valence-corrected chi connectivity index (χ2v) is 4.55. The normalized spacial score (nSPS) is 17.2. The fourth-order valence-electron chi connectivity index (χ4n) is 2.55. The monoisotopic (exact) mass is 250 g/mol. The van der Waals surface area contributed by atoms with Gasteiger partial charge in [0.25, 0.3) is 0 Å². The molecular formula is C13H15FN2O2. The van der Waals surface area contributed by atoms with Crippen molar-refractivity contribution < 1.29 is 13.7 Å². The molecule has 2 heterocycles. The number of aromatic nitrogens is 1. The number of ether oxygens (including phenoxy) is 1. The maximum atomic E-state index is 13.5. The predicted octanol–water partition coefficient (Wildman–Crippen LogP) is 2.44. The van der Waals surface area contributed by atoms with E-state index in [1.165, 1.54) is 13.2 Å². The van der Waals surface area contributed by atoms with Crippen LogP contribution >= 0.6 is 0 Å². The zero-order chi connectivity index (χ0) is 12.5. The van der Waals surface area contributed by atoms with Gasteiger partial charge in [-0.05, 0) is 38.1 Å². The van der Waals surface area contributed by atoms with Crippen molar-refractivity contribution in [1.29, 1.82) is 0 Å². The Hall–Kier alpha value is -1.62. The Morgan fingerprint density at radius 3 is 2.89 bits per heavy atom. The maximum absolute atomic E-state index is 13.5. The molecule has 5 heteroatoms. The zero-order valence-corrected chi connectivity index (χ0v) is 10.2. The molecule has 4 nitrogen and oxygen atoms in total. The molecular weight excluding hydrogens is 235 g/mol. The van der Waals surface area contributed by atoms with Gasteiger partial charge in [0.2, 0.25) is 11.3 Å². The van der Waals surface area contributed by atoms with Gasteiger partial charge in [-0.25, -0.2) is 4.39 Å². The lowest BCUT2D eigenvalue weighted by atomic mass is 9.92. The summed E-state index contributed by atoms with van der Waals surface area (Å²) in [6.45, 7) is 1.97. The number of piperidine rings is 1. The first-order valence-corrected chi connectivity index (χ1v) is 6.13. The summed E-state index contributed by atoms with van der Waals surface area (Å²) in [5.41, 5.74) is 1.33. The lowest BCUT2D eigenvalue weighted by molar-refractivity contribution is 0.365. The van der Waals surface area contributed by atoms with E-state index in [0.717, 1.165) is 37.0 Å². The minimum Gasteiger partial charge on any atom is -0.490 e. The van der Waals surface area contributed by atoms with Crippen LogP contribution in [-0.4, -0.2) is 25.4 Å². The van der Waals surface area contributed by atoms with Crippen LogP contribution in [0, 0.1) is 5.82 Å².